The lowest BCUT2D eigenvalue weighted by molar-refractivity contribution is 0.0602. The normalized spacial score (nSPS) is 10.6. The number of anilines is 1. The molecule has 0 saturated carbocycles. The molecule has 0 aliphatic heterocycles. The maximum Gasteiger partial charge on any atom is 0.340 e. The van der Waals surface area contributed by atoms with Crippen molar-refractivity contribution in [2.45, 2.75) is 71.1 Å². The van der Waals surface area contributed by atoms with Crippen LogP contribution in [0.2, 0.25) is 0 Å². The molecule has 1 aromatic carbocycles. The fraction of sp³-hybridized carbons (Fsp3) is 0.520. The standard InChI is InChI=1S/C25H36N2O2S2/c1-3-4-5-6-7-8-9-10-11-15-18-26-25(30)27-23-21(24(28)29-2)19-22(31-23)20-16-13-12-14-17-20/h12-14,16-17,19H,3-11,15,18H2,1-2H3,(H2,26,27,30). The predicted octanol–water partition coefficient (Wildman–Crippen LogP) is 7.41. The van der Waals surface area contributed by atoms with Gasteiger partial charge in [0, 0.05) is 11.4 Å². The van der Waals surface area contributed by atoms with Crippen LogP contribution in [-0.2, 0) is 4.74 Å². The topological polar surface area (TPSA) is 50.4 Å². The van der Waals surface area contributed by atoms with E-state index in [9.17, 15) is 4.79 Å². The molecule has 0 spiro atoms. The third kappa shape index (κ3) is 9.40. The Morgan fingerprint density at radius 3 is 2.19 bits per heavy atom. The molecule has 2 rings (SSSR count). The van der Waals surface area contributed by atoms with Crippen molar-refractivity contribution < 1.29 is 9.53 Å². The molecule has 2 aromatic rings. The SMILES string of the molecule is CCCCCCCCCCCCNC(=S)Nc1sc(-c2ccccc2)cc1C(=O)OC. The summed E-state index contributed by atoms with van der Waals surface area (Å²) >= 11 is 6.95. The van der Waals surface area contributed by atoms with Crippen LogP contribution in [0.25, 0.3) is 10.4 Å². The van der Waals surface area contributed by atoms with E-state index in [1.165, 1.54) is 76.2 Å². The van der Waals surface area contributed by atoms with E-state index in [1.807, 2.05) is 36.4 Å². The van der Waals surface area contributed by atoms with Gasteiger partial charge >= 0.3 is 5.97 Å². The second kappa shape index (κ2) is 15.0. The molecule has 0 unspecified atom stereocenters. The van der Waals surface area contributed by atoms with Gasteiger partial charge in [-0.05, 0) is 30.3 Å². The van der Waals surface area contributed by atoms with Crippen molar-refractivity contribution in [2.75, 3.05) is 19.0 Å². The van der Waals surface area contributed by atoms with E-state index in [1.54, 1.807) is 0 Å². The number of ether oxygens (including phenoxy) is 1. The highest BCUT2D eigenvalue weighted by Gasteiger charge is 2.18. The van der Waals surface area contributed by atoms with Crippen molar-refractivity contribution in [3.8, 4) is 10.4 Å². The molecule has 2 N–H and O–H groups in total. The fourth-order valence-electron chi connectivity index (χ4n) is 3.45. The summed E-state index contributed by atoms with van der Waals surface area (Å²) in [5.74, 6) is -0.363. The van der Waals surface area contributed by atoms with Crippen LogP contribution < -0.4 is 10.6 Å². The number of methoxy groups -OCH3 is 1. The Labute approximate surface area is 196 Å². The molecule has 0 atom stereocenters. The molecular weight excluding hydrogens is 424 g/mol. The highest BCUT2D eigenvalue weighted by Crippen LogP contribution is 2.35. The zero-order valence-electron chi connectivity index (χ0n) is 18.9. The second-order valence-electron chi connectivity index (χ2n) is 7.77. The van der Waals surface area contributed by atoms with E-state index in [4.69, 9.17) is 17.0 Å². The van der Waals surface area contributed by atoms with E-state index in [-0.39, 0.29) is 5.97 Å². The van der Waals surface area contributed by atoms with Crippen LogP contribution >= 0.6 is 23.6 Å². The van der Waals surface area contributed by atoms with Gasteiger partial charge in [0.15, 0.2) is 5.11 Å². The summed E-state index contributed by atoms with van der Waals surface area (Å²) in [5.41, 5.74) is 1.57. The molecule has 4 nitrogen and oxygen atoms in total. The van der Waals surface area contributed by atoms with Crippen LogP contribution in [0.3, 0.4) is 0 Å². The first-order chi connectivity index (χ1) is 15.2. The van der Waals surface area contributed by atoms with Crippen molar-refractivity contribution in [1.29, 1.82) is 0 Å². The number of esters is 1. The number of benzene rings is 1. The third-order valence-electron chi connectivity index (χ3n) is 5.24. The second-order valence-corrected chi connectivity index (χ2v) is 9.23. The largest absolute Gasteiger partial charge is 0.465 e. The van der Waals surface area contributed by atoms with Crippen LogP contribution in [0.15, 0.2) is 36.4 Å². The summed E-state index contributed by atoms with van der Waals surface area (Å²) in [6.45, 7) is 3.10. The summed E-state index contributed by atoms with van der Waals surface area (Å²) in [6.07, 6.45) is 13.1. The summed E-state index contributed by atoms with van der Waals surface area (Å²) in [4.78, 5) is 13.2. The lowest BCUT2D eigenvalue weighted by Gasteiger charge is -2.10. The lowest BCUT2D eigenvalue weighted by Crippen LogP contribution is -2.29. The highest BCUT2D eigenvalue weighted by atomic mass is 32.1. The number of carbonyl (C=O) groups excluding carboxylic acids is 1. The van der Waals surface area contributed by atoms with Crippen LogP contribution in [0.1, 0.15) is 81.5 Å². The smallest absolute Gasteiger partial charge is 0.340 e. The summed E-state index contributed by atoms with van der Waals surface area (Å²) < 4.78 is 4.94. The Bertz CT molecular complexity index is 790. The Morgan fingerprint density at radius 1 is 0.968 bits per heavy atom. The number of hydrogen-bond donors (Lipinski definition) is 2. The van der Waals surface area contributed by atoms with Gasteiger partial charge < -0.3 is 15.4 Å². The molecule has 0 radical (unpaired) electrons. The first-order valence-corrected chi connectivity index (χ1v) is 12.7. The van der Waals surface area contributed by atoms with Crippen LogP contribution in [-0.4, -0.2) is 24.7 Å². The molecule has 6 heteroatoms. The van der Waals surface area contributed by atoms with Crippen molar-refractivity contribution >= 4 is 39.6 Å². The molecule has 0 fully saturated rings. The first-order valence-electron chi connectivity index (χ1n) is 11.5. The molecule has 0 saturated heterocycles. The lowest BCUT2D eigenvalue weighted by atomic mass is 10.1. The minimum absolute atomic E-state index is 0.363. The Morgan fingerprint density at radius 2 is 1.58 bits per heavy atom. The van der Waals surface area contributed by atoms with Crippen LogP contribution in [0, 0.1) is 0 Å². The summed E-state index contributed by atoms with van der Waals surface area (Å²) in [5, 5.41) is 7.71. The molecule has 1 heterocycles. The minimum Gasteiger partial charge on any atom is -0.465 e. The van der Waals surface area contributed by atoms with Gasteiger partial charge in [-0.25, -0.2) is 4.79 Å². The molecule has 31 heavy (non-hydrogen) atoms. The van der Waals surface area contributed by atoms with Gasteiger partial charge in [-0.15, -0.1) is 11.3 Å². The van der Waals surface area contributed by atoms with E-state index >= 15 is 0 Å². The molecule has 0 amide bonds. The molecule has 1 aromatic heterocycles. The average molecular weight is 461 g/mol. The van der Waals surface area contributed by atoms with E-state index in [2.05, 4.69) is 17.6 Å². The number of nitrogens with one attached hydrogen (secondary N) is 2. The van der Waals surface area contributed by atoms with Crippen molar-refractivity contribution in [3.05, 3.63) is 42.0 Å². The van der Waals surface area contributed by atoms with Gasteiger partial charge in [-0.1, -0.05) is 95.0 Å². The average Bonchev–Trinajstić information content (AvgIpc) is 3.21. The summed E-state index contributed by atoms with van der Waals surface area (Å²) in [6, 6.07) is 11.9. The number of hydrogen-bond acceptors (Lipinski definition) is 4. The maximum atomic E-state index is 12.2. The molecule has 0 aliphatic rings. The first kappa shape index (κ1) is 25.3. The van der Waals surface area contributed by atoms with Crippen molar-refractivity contribution in [2.24, 2.45) is 0 Å². The monoisotopic (exact) mass is 460 g/mol. The molecule has 170 valence electrons. The van der Waals surface area contributed by atoms with Gasteiger partial charge in [0.05, 0.1) is 12.7 Å². The molecule has 0 bridgehead atoms. The number of rotatable bonds is 14. The van der Waals surface area contributed by atoms with Crippen molar-refractivity contribution in [1.82, 2.24) is 5.32 Å². The van der Waals surface area contributed by atoms with Gasteiger partial charge in [-0.2, -0.15) is 0 Å². The quantitative estimate of drug-likeness (QED) is 0.175. The zero-order valence-corrected chi connectivity index (χ0v) is 20.5. The number of unbranched alkanes of at least 4 members (excludes halogenated alkanes) is 9. The number of thiocarbonyl (C=S) groups is 1. The summed E-state index contributed by atoms with van der Waals surface area (Å²) in [7, 11) is 1.40. The molecular formula is C25H36N2O2S2. The maximum absolute atomic E-state index is 12.2. The minimum atomic E-state index is -0.363. The van der Waals surface area contributed by atoms with Crippen LogP contribution in [0.5, 0.6) is 0 Å². The van der Waals surface area contributed by atoms with Crippen LogP contribution in [0.4, 0.5) is 5.00 Å². The fourth-order valence-corrected chi connectivity index (χ4v) is 4.78. The van der Waals surface area contributed by atoms with Gasteiger partial charge in [0.25, 0.3) is 0 Å². The Hall–Kier alpha value is -1.92. The third-order valence-corrected chi connectivity index (χ3v) is 6.58. The van der Waals surface area contributed by atoms with Gasteiger partial charge in [-0.3, -0.25) is 0 Å². The van der Waals surface area contributed by atoms with E-state index in [0.29, 0.717) is 15.7 Å². The zero-order chi connectivity index (χ0) is 22.3. The number of thiophene rings is 1. The van der Waals surface area contributed by atoms with Gasteiger partial charge in [0.1, 0.15) is 5.00 Å². The molecule has 0 aliphatic carbocycles. The highest BCUT2D eigenvalue weighted by molar-refractivity contribution is 7.80. The number of carbonyl (C=O) groups is 1. The Balaban J connectivity index is 1.71. The van der Waals surface area contributed by atoms with Crippen molar-refractivity contribution in [3.63, 3.8) is 0 Å². The van der Waals surface area contributed by atoms with E-state index in [0.717, 1.165) is 23.4 Å². The Kier molecular flexibility index (Phi) is 12.2. The predicted molar refractivity (Wildman–Crippen MR) is 137 cm³/mol. The van der Waals surface area contributed by atoms with Gasteiger partial charge in [0.2, 0.25) is 0 Å². The van der Waals surface area contributed by atoms with E-state index < -0.39 is 0 Å².